The van der Waals surface area contributed by atoms with Gasteiger partial charge in [-0.1, -0.05) is 0 Å². The molecule has 1 atom stereocenters. The highest BCUT2D eigenvalue weighted by atomic mass is 16.5. The van der Waals surface area contributed by atoms with E-state index in [1.165, 1.54) is 0 Å². The second-order valence-corrected chi connectivity index (χ2v) is 4.41. The van der Waals surface area contributed by atoms with Gasteiger partial charge in [0.1, 0.15) is 6.29 Å². The fourth-order valence-corrected chi connectivity index (χ4v) is 1.51. The van der Waals surface area contributed by atoms with Crippen LogP contribution in [0.1, 0.15) is 33.1 Å². The van der Waals surface area contributed by atoms with Gasteiger partial charge in [0.2, 0.25) is 0 Å². The summed E-state index contributed by atoms with van der Waals surface area (Å²) in [5.74, 6) is 2.55. The Morgan fingerprint density at radius 2 is 2.23 bits per heavy atom. The normalized spacial score (nSPS) is 32.1. The molecule has 72 valence electrons. The lowest BCUT2D eigenvalue weighted by Crippen LogP contribution is -2.41. The molecule has 0 aromatic carbocycles. The first-order chi connectivity index (χ1) is 6.04. The van der Waals surface area contributed by atoms with E-state index >= 15 is 0 Å². The molecule has 1 heterocycles. The highest BCUT2D eigenvalue weighted by Gasteiger charge is 2.38. The molecule has 0 N–H and O–H groups in total. The minimum atomic E-state index is -0.412. The van der Waals surface area contributed by atoms with E-state index in [9.17, 15) is 4.79 Å². The van der Waals surface area contributed by atoms with Crippen molar-refractivity contribution in [3.8, 4) is 12.3 Å². The number of carbonyl (C=O) groups excluding carboxylic acids is 1. The minimum Gasteiger partial charge on any atom is -0.375 e. The van der Waals surface area contributed by atoms with Crippen LogP contribution in [0, 0.1) is 17.8 Å². The summed E-state index contributed by atoms with van der Waals surface area (Å²) in [7, 11) is 0. The van der Waals surface area contributed by atoms with Crippen LogP contribution in [0.25, 0.3) is 0 Å². The lowest BCUT2D eigenvalue weighted by molar-refractivity contribution is -0.139. The average molecular weight is 180 g/mol. The molecule has 2 heteroatoms. The van der Waals surface area contributed by atoms with Gasteiger partial charge in [-0.3, -0.25) is 0 Å². The Kier molecular flexibility index (Phi) is 2.77. The lowest BCUT2D eigenvalue weighted by Gasteiger charge is -2.39. The van der Waals surface area contributed by atoms with Gasteiger partial charge in [-0.05, 0) is 26.7 Å². The maximum atomic E-state index is 10.9. The molecule has 2 nitrogen and oxygen atoms in total. The molecule has 0 aromatic heterocycles. The number of aldehydes is 1. The summed E-state index contributed by atoms with van der Waals surface area (Å²) in [6.45, 7) is 4.54. The molecule has 0 aromatic rings. The Bertz CT molecular complexity index is 225. The summed E-state index contributed by atoms with van der Waals surface area (Å²) in [5.41, 5.74) is -0.509. The fraction of sp³-hybridized carbons (Fsp3) is 0.727. The van der Waals surface area contributed by atoms with Crippen LogP contribution < -0.4 is 0 Å². The lowest BCUT2D eigenvalue weighted by atomic mass is 9.77. The van der Waals surface area contributed by atoms with Crippen molar-refractivity contribution >= 4 is 6.29 Å². The zero-order valence-corrected chi connectivity index (χ0v) is 8.30. The number of hydrogen-bond acceptors (Lipinski definition) is 2. The monoisotopic (exact) mass is 180 g/mol. The van der Waals surface area contributed by atoms with Crippen LogP contribution >= 0.6 is 0 Å². The van der Waals surface area contributed by atoms with Crippen LogP contribution in [0.4, 0.5) is 0 Å². The molecule has 0 spiro atoms. The third kappa shape index (κ3) is 2.32. The number of rotatable bonds is 2. The first-order valence-corrected chi connectivity index (χ1v) is 4.57. The zero-order chi connectivity index (χ0) is 9.95. The standard InChI is InChI=1S/C11H16O2/c1-4-5-11(8-12)7-6-10(2,3)13-9-11/h1,8H,5-7,9H2,2-3H3. The van der Waals surface area contributed by atoms with Gasteiger partial charge in [0, 0.05) is 6.42 Å². The van der Waals surface area contributed by atoms with Gasteiger partial charge < -0.3 is 9.53 Å². The first kappa shape index (κ1) is 10.3. The van der Waals surface area contributed by atoms with E-state index in [-0.39, 0.29) is 5.60 Å². The van der Waals surface area contributed by atoms with E-state index in [2.05, 4.69) is 5.92 Å². The van der Waals surface area contributed by atoms with Crippen LogP contribution in [0.2, 0.25) is 0 Å². The quantitative estimate of drug-likeness (QED) is 0.478. The average Bonchev–Trinajstić information content (AvgIpc) is 2.10. The topological polar surface area (TPSA) is 26.3 Å². The Morgan fingerprint density at radius 3 is 2.62 bits per heavy atom. The van der Waals surface area contributed by atoms with Crippen LogP contribution in [0.5, 0.6) is 0 Å². The second kappa shape index (κ2) is 3.51. The number of ether oxygens (including phenoxy) is 1. The molecule has 1 unspecified atom stereocenters. The molecule has 1 rings (SSSR count). The highest BCUT2D eigenvalue weighted by molar-refractivity contribution is 5.60. The summed E-state index contributed by atoms with van der Waals surface area (Å²) < 4.78 is 5.60. The van der Waals surface area contributed by atoms with E-state index < -0.39 is 5.41 Å². The Morgan fingerprint density at radius 1 is 1.54 bits per heavy atom. The molecule has 13 heavy (non-hydrogen) atoms. The number of carbonyl (C=O) groups is 1. The second-order valence-electron chi connectivity index (χ2n) is 4.41. The molecule has 0 amide bonds. The van der Waals surface area contributed by atoms with E-state index in [1.807, 2.05) is 13.8 Å². The van der Waals surface area contributed by atoms with Crippen LogP contribution in [0.3, 0.4) is 0 Å². The van der Waals surface area contributed by atoms with Gasteiger partial charge in [0.05, 0.1) is 17.6 Å². The largest absolute Gasteiger partial charge is 0.375 e. The van der Waals surface area contributed by atoms with Gasteiger partial charge in [0.25, 0.3) is 0 Å². The molecule has 0 saturated carbocycles. The summed E-state index contributed by atoms with van der Waals surface area (Å²) in [6, 6.07) is 0. The predicted octanol–water partition coefficient (Wildman–Crippen LogP) is 1.78. The van der Waals surface area contributed by atoms with Crippen molar-refractivity contribution in [3.63, 3.8) is 0 Å². The molecule has 0 aliphatic carbocycles. The predicted molar refractivity (Wildman–Crippen MR) is 51.2 cm³/mol. The third-order valence-electron chi connectivity index (χ3n) is 2.68. The summed E-state index contributed by atoms with van der Waals surface area (Å²) in [4.78, 5) is 10.9. The highest BCUT2D eigenvalue weighted by Crippen LogP contribution is 2.36. The van der Waals surface area contributed by atoms with Crippen molar-refractivity contribution in [1.82, 2.24) is 0 Å². The van der Waals surface area contributed by atoms with Gasteiger partial charge in [-0.15, -0.1) is 12.3 Å². The molecule has 0 radical (unpaired) electrons. The van der Waals surface area contributed by atoms with Gasteiger partial charge in [-0.25, -0.2) is 0 Å². The molecule has 1 fully saturated rings. The Balaban J connectivity index is 2.64. The van der Waals surface area contributed by atoms with E-state index in [0.29, 0.717) is 13.0 Å². The van der Waals surface area contributed by atoms with Crippen LogP contribution in [0.15, 0.2) is 0 Å². The van der Waals surface area contributed by atoms with Crippen molar-refractivity contribution < 1.29 is 9.53 Å². The fourth-order valence-electron chi connectivity index (χ4n) is 1.51. The maximum absolute atomic E-state index is 10.9. The summed E-state index contributed by atoms with van der Waals surface area (Å²) in [5, 5.41) is 0. The van der Waals surface area contributed by atoms with Crippen LogP contribution in [-0.4, -0.2) is 18.5 Å². The molecular formula is C11H16O2. The van der Waals surface area contributed by atoms with Crippen molar-refractivity contribution in [2.75, 3.05) is 6.61 Å². The van der Waals surface area contributed by atoms with Gasteiger partial charge in [0.15, 0.2) is 0 Å². The van der Waals surface area contributed by atoms with E-state index in [0.717, 1.165) is 19.1 Å². The summed E-state index contributed by atoms with van der Waals surface area (Å²) in [6.07, 6.45) is 8.41. The minimum absolute atomic E-state index is 0.0961. The van der Waals surface area contributed by atoms with E-state index in [1.54, 1.807) is 0 Å². The van der Waals surface area contributed by atoms with Gasteiger partial charge in [-0.2, -0.15) is 0 Å². The molecule has 1 aliphatic rings. The summed E-state index contributed by atoms with van der Waals surface area (Å²) >= 11 is 0. The molecule has 1 saturated heterocycles. The Labute approximate surface area is 79.7 Å². The van der Waals surface area contributed by atoms with Crippen molar-refractivity contribution in [1.29, 1.82) is 0 Å². The molecule has 0 bridgehead atoms. The first-order valence-electron chi connectivity index (χ1n) is 4.57. The molecular weight excluding hydrogens is 164 g/mol. The third-order valence-corrected chi connectivity index (χ3v) is 2.68. The van der Waals surface area contributed by atoms with E-state index in [4.69, 9.17) is 11.2 Å². The Hall–Kier alpha value is -0.810. The van der Waals surface area contributed by atoms with Gasteiger partial charge >= 0.3 is 0 Å². The number of hydrogen-bond donors (Lipinski definition) is 0. The molecule has 1 aliphatic heterocycles. The number of terminal acetylenes is 1. The zero-order valence-electron chi connectivity index (χ0n) is 8.30. The van der Waals surface area contributed by atoms with Crippen molar-refractivity contribution in [3.05, 3.63) is 0 Å². The maximum Gasteiger partial charge on any atom is 0.129 e. The van der Waals surface area contributed by atoms with Crippen LogP contribution in [-0.2, 0) is 9.53 Å². The van der Waals surface area contributed by atoms with Crippen molar-refractivity contribution in [2.45, 2.75) is 38.7 Å². The smallest absolute Gasteiger partial charge is 0.129 e. The van der Waals surface area contributed by atoms with Crippen molar-refractivity contribution in [2.24, 2.45) is 5.41 Å². The SMILES string of the molecule is C#CCC1(C=O)CCC(C)(C)OC1.